The summed E-state index contributed by atoms with van der Waals surface area (Å²) in [5.41, 5.74) is 0.566. The Morgan fingerprint density at radius 2 is 1.58 bits per heavy atom. The highest BCUT2D eigenvalue weighted by atomic mass is 16.5. The van der Waals surface area contributed by atoms with Gasteiger partial charge in [0.1, 0.15) is 11.3 Å². The third-order valence-corrected chi connectivity index (χ3v) is 5.42. The van der Waals surface area contributed by atoms with Gasteiger partial charge in [0.2, 0.25) is 5.95 Å². The third-order valence-electron chi connectivity index (χ3n) is 5.42. The van der Waals surface area contributed by atoms with Gasteiger partial charge in [-0.1, -0.05) is 0 Å². The lowest BCUT2D eigenvalue weighted by atomic mass is 10.1. The highest BCUT2D eigenvalue weighted by Gasteiger charge is 2.25. The Kier molecular flexibility index (Phi) is 11.4. The molecule has 0 bridgehead atoms. The second kappa shape index (κ2) is 14.0. The molecule has 0 radical (unpaired) electrons. The van der Waals surface area contributed by atoms with Gasteiger partial charge in [-0.3, -0.25) is 4.79 Å². The minimum atomic E-state index is -0.261. The van der Waals surface area contributed by atoms with E-state index in [1.807, 2.05) is 11.8 Å². The van der Waals surface area contributed by atoms with Gasteiger partial charge in [0.05, 0.1) is 19.3 Å². The number of methoxy groups -OCH3 is 4. The summed E-state index contributed by atoms with van der Waals surface area (Å²) in [5.74, 6) is 1.71. The van der Waals surface area contributed by atoms with Crippen molar-refractivity contribution < 1.29 is 18.9 Å². The minimum absolute atomic E-state index is 0.247. The van der Waals surface area contributed by atoms with Crippen LogP contribution in [0.3, 0.4) is 0 Å². The minimum Gasteiger partial charge on any atom is -0.385 e. The van der Waals surface area contributed by atoms with Crippen molar-refractivity contribution in [3.05, 3.63) is 16.2 Å². The molecule has 1 aliphatic rings. The summed E-state index contributed by atoms with van der Waals surface area (Å²) in [4.78, 5) is 33.5. The van der Waals surface area contributed by atoms with Gasteiger partial charge in [0, 0.05) is 61.2 Å². The highest BCUT2D eigenvalue weighted by Crippen LogP contribution is 2.27. The normalized spacial score (nSPS) is 14.3. The Hall–Kier alpha value is -2.34. The van der Waals surface area contributed by atoms with Crippen LogP contribution in [0.15, 0.2) is 4.79 Å². The smallest absolute Gasteiger partial charge is 0.277 e. The lowest BCUT2D eigenvalue weighted by Crippen LogP contribution is -2.38. The molecule has 1 N–H and O–H groups in total. The Morgan fingerprint density at radius 1 is 0.970 bits per heavy atom. The molecule has 3 rings (SSSR count). The molecular formula is C22H38N6O5. The summed E-state index contributed by atoms with van der Waals surface area (Å²) >= 11 is 0. The van der Waals surface area contributed by atoms with E-state index in [-0.39, 0.29) is 11.7 Å². The molecule has 2 aromatic rings. The fourth-order valence-electron chi connectivity index (χ4n) is 3.49. The molecule has 3 heterocycles. The molecular weight excluding hydrogens is 428 g/mol. The van der Waals surface area contributed by atoms with Gasteiger partial charge in [0.15, 0.2) is 11.3 Å². The van der Waals surface area contributed by atoms with Gasteiger partial charge in [-0.2, -0.15) is 4.98 Å². The van der Waals surface area contributed by atoms with Crippen LogP contribution in [0.1, 0.15) is 25.6 Å². The number of nitrogens with one attached hydrogen (secondary N) is 1. The maximum Gasteiger partial charge on any atom is 0.277 e. The van der Waals surface area contributed by atoms with E-state index in [1.165, 1.54) is 0 Å². The number of ether oxygens (including phenoxy) is 4. The number of rotatable bonds is 10. The van der Waals surface area contributed by atoms with Crippen molar-refractivity contribution in [2.75, 3.05) is 84.2 Å². The van der Waals surface area contributed by atoms with E-state index in [0.717, 1.165) is 32.5 Å². The first-order chi connectivity index (χ1) is 16.0. The van der Waals surface area contributed by atoms with Gasteiger partial charge in [0.25, 0.3) is 5.56 Å². The zero-order valence-corrected chi connectivity index (χ0v) is 20.7. The van der Waals surface area contributed by atoms with Crippen LogP contribution in [0.2, 0.25) is 0 Å². The number of anilines is 2. The van der Waals surface area contributed by atoms with Crippen molar-refractivity contribution in [1.29, 1.82) is 0 Å². The number of hydrogen-bond acceptors (Lipinski definition) is 10. The topological polar surface area (TPSA) is 115 Å². The molecule has 1 fully saturated rings. The third kappa shape index (κ3) is 7.60. The maximum atomic E-state index is 12.6. The Labute approximate surface area is 195 Å². The zero-order valence-electron chi connectivity index (χ0n) is 20.7. The summed E-state index contributed by atoms with van der Waals surface area (Å²) in [6, 6.07) is 0. The van der Waals surface area contributed by atoms with Crippen LogP contribution >= 0.6 is 0 Å². The molecule has 0 unspecified atom stereocenters. The number of H-pyrrole nitrogens is 1. The molecule has 1 aliphatic heterocycles. The second-order valence-corrected chi connectivity index (χ2v) is 7.67. The van der Waals surface area contributed by atoms with Crippen LogP contribution in [0.5, 0.6) is 0 Å². The average Bonchev–Trinajstić information content (AvgIpc) is 2.84. The van der Waals surface area contributed by atoms with Gasteiger partial charge in [-0.05, 0) is 26.7 Å². The quantitative estimate of drug-likeness (QED) is 0.551. The predicted octanol–water partition coefficient (Wildman–Crippen LogP) is 1.39. The standard InChI is InChI=1S/C19H30N6O4.C3H8O/c1-13-20-15-16(18(26)21-13)22-19(25(9-11-27-2)10-12-28-3)23-17(15)24-7-5-14(29-4)6-8-24;1-3-4-2/h14H,5-12H2,1-4H3,(H,20,21,26);3H2,1-2H3. The summed E-state index contributed by atoms with van der Waals surface area (Å²) in [6.45, 7) is 8.33. The fourth-order valence-corrected chi connectivity index (χ4v) is 3.49. The average molecular weight is 467 g/mol. The second-order valence-electron chi connectivity index (χ2n) is 7.67. The lowest BCUT2D eigenvalue weighted by Gasteiger charge is -2.33. The molecule has 33 heavy (non-hydrogen) atoms. The largest absolute Gasteiger partial charge is 0.385 e. The van der Waals surface area contributed by atoms with Crippen LogP contribution in [0.25, 0.3) is 11.0 Å². The van der Waals surface area contributed by atoms with Crippen molar-refractivity contribution in [2.45, 2.75) is 32.8 Å². The Morgan fingerprint density at radius 3 is 2.09 bits per heavy atom. The summed E-state index contributed by atoms with van der Waals surface area (Å²) in [7, 11) is 6.73. The highest BCUT2D eigenvalue weighted by molar-refractivity contribution is 5.86. The van der Waals surface area contributed by atoms with Crippen LogP contribution in [-0.4, -0.2) is 100 Å². The van der Waals surface area contributed by atoms with Crippen LogP contribution in [-0.2, 0) is 18.9 Å². The first kappa shape index (κ1) is 26.9. The number of aromatic amines is 1. The summed E-state index contributed by atoms with van der Waals surface area (Å²) in [6.07, 6.45) is 2.05. The predicted molar refractivity (Wildman–Crippen MR) is 128 cm³/mol. The summed E-state index contributed by atoms with van der Waals surface area (Å²) < 4.78 is 20.5. The van der Waals surface area contributed by atoms with Crippen molar-refractivity contribution in [3.63, 3.8) is 0 Å². The SMILES string of the molecule is CCOC.COCCN(CCOC)c1nc(N2CCC(OC)CC2)c2nc(C)[nH]c(=O)c2n1. The number of piperidine rings is 1. The maximum absolute atomic E-state index is 12.6. The first-order valence-electron chi connectivity index (χ1n) is 11.3. The van der Waals surface area contributed by atoms with Crippen LogP contribution in [0.4, 0.5) is 11.8 Å². The molecule has 186 valence electrons. The van der Waals surface area contributed by atoms with E-state index in [0.29, 0.717) is 54.9 Å². The number of aryl methyl sites for hydroxylation is 1. The van der Waals surface area contributed by atoms with Crippen molar-refractivity contribution >= 4 is 22.8 Å². The molecule has 2 aromatic heterocycles. The van der Waals surface area contributed by atoms with Crippen LogP contribution < -0.4 is 15.4 Å². The van der Waals surface area contributed by atoms with E-state index in [4.69, 9.17) is 19.2 Å². The van der Waals surface area contributed by atoms with E-state index < -0.39 is 0 Å². The number of hydrogen-bond donors (Lipinski definition) is 1. The molecule has 0 amide bonds. The Balaban J connectivity index is 0.000000890. The zero-order chi connectivity index (χ0) is 24.2. The van der Waals surface area contributed by atoms with Crippen molar-refractivity contribution in [1.82, 2.24) is 19.9 Å². The van der Waals surface area contributed by atoms with E-state index in [1.54, 1.807) is 35.4 Å². The fraction of sp³-hybridized carbons (Fsp3) is 0.727. The molecule has 1 saturated heterocycles. The molecule has 0 spiro atoms. The lowest BCUT2D eigenvalue weighted by molar-refractivity contribution is 0.0818. The summed E-state index contributed by atoms with van der Waals surface area (Å²) in [5, 5.41) is 0. The molecule has 11 heteroatoms. The van der Waals surface area contributed by atoms with Gasteiger partial charge >= 0.3 is 0 Å². The number of nitrogens with zero attached hydrogens (tertiary/aromatic N) is 5. The molecule has 11 nitrogen and oxygen atoms in total. The molecule has 0 aliphatic carbocycles. The van der Waals surface area contributed by atoms with Gasteiger partial charge in [-0.15, -0.1) is 0 Å². The van der Waals surface area contributed by atoms with Gasteiger partial charge in [-0.25, -0.2) is 9.97 Å². The van der Waals surface area contributed by atoms with Crippen molar-refractivity contribution in [3.8, 4) is 0 Å². The van der Waals surface area contributed by atoms with Crippen molar-refractivity contribution in [2.24, 2.45) is 0 Å². The monoisotopic (exact) mass is 466 g/mol. The molecule has 0 aromatic carbocycles. The Bertz CT molecular complexity index is 891. The first-order valence-corrected chi connectivity index (χ1v) is 11.3. The molecule has 0 atom stereocenters. The number of fused-ring (bicyclic) bond motifs is 1. The molecule has 0 saturated carbocycles. The van der Waals surface area contributed by atoms with Gasteiger partial charge < -0.3 is 33.7 Å². The van der Waals surface area contributed by atoms with Crippen LogP contribution in [0, 0.1) is 6.92 Å². The van der Waals surface area contributed by atoms with E-state index in [2.05, 4.69) is 24.6 Å². The van der Waals surface area contributed by atoms with E-state index >= 15 is 0 Å². The number of aromatic nitrogens is 4. The van der Waals surface area contributed by atoms with E-state index in [9.17, 15) is 4.79 Å².